The molecule has 0 unspecified atom stereocenters. The van der Waals surface area contributed by atoms with Crippen molar-refractivity contribution in [3.63, 3.8) is 0 Å². The third kappa shape index (κ3) is 5.29. The van der Waals surface area contributed by atoms with Crippen LogP contribution < -0.4 is 4.90 Å². The van der Waals surface area contributed by atoms with Crippen molar-refractivity contribution in [2.75, 3.05) is 31.1 Å². The Labute approximate surface area is 218 Å². The van der Waals surface area contributed by atoms with Crippen LogP contribution in [-0.4, -0.2) is 58.0 Å². The van der Waals surface area contributed by atoms with Gasteiger partial charge in [-0.3, -0.25) is 19.3 Å². The maximum Gasteiger partial charge on any atom is 0.293 e. The molecule has 5 rings (SSSR count). The van der Waals surface area contributed by atoms with Crippen molar-refractivity contribution in [1.82, 2.24) is 14.8 Å². The molecule has 0 bridgehead atoms. The predicted molar refractivity (Wildman–Crippen MR) is 142 cm³/mol. The molecule has 0 atom stereocenters. The summed E-state index contributed by atoms with van der Waals surface area (Å²) in [4.78, 5) is 48.5. The van der Waals surface area contributed by atoms with Crippen LogP contribution in [0.25, 0.3) is 6.08 Å². The van der Waals surface area contributed by atoms with Crippen LogP contribution in [0.2, 0.25) is 5.02 Å². The Morgan fingerprint density at radius 3 is 2.53 bits per heavy atom. The molecule has 7 nitrogen and oxygen atoms in total. The van der Waals surface area contributed by atoms with Gasteiger partial charge in [-0.1, -0.05) is 41.9 Å². The Balaban J connectivity index is 1.26. The molecule has 2 aliphatic rings. The summed E-state index contributed by atoms with van der Waals surface area (Å²) in [5.41, 5.74) is 2.02. The van der Waals surface area contributed by atoms with Crippen LogP contribution in [-0.2, 0) is 11.3 Å². The number of halogens is 1. The molecule has 3 heterocycles. The van der Waals surface area contributed by atoms with Gasteiger partial charge in [-0.05, 0) is 65.4 Å². The van der Waals surface area contributed by atoms with E-state index in [1.807, 2.05) is 35.2 Å². The van der Waals surface area contributed by atoms with Gasteiger partial charge >= 0.3 is 0 Å². The number of carbonyl (C=O) groups excluding carboxylic acids is 3. The highest BCUT2D eigenvalue weighted by Gasteiger charge is 2.35. The summed E-state index contributed by atoms with van der Waals surface area (Å²) in [6.07, 6.45) is 3.43. The topological polar surface area (TPSA) is 73.8 Å². The number of hydrogen-bond acceptors (Lipinski definition) is 6. The number of amides is 3. The molecule has 36 heavy (non-hydrogen) atoms. The Morgan fingerprint density at radius 1 is 0.972 bits per heavy atom. The van der Waals surface area contributed by atoms with E-state index in [0.717, 1.165) is 23.1 Å². The van der Waals surface area contributed by atoms with Crippen molar-refractivity contribution in [1.29, 1.82) is 0 Å². The fourth-order valence-electron chi connectivity index (χ4n) is 4.23. The van der Waals surface area contributed by atoms with Crippen LogP contribution in [0.15, 0.2) is 77.8 Å². The highest BCUT2D eigenvalue weighted by atomic mass is 35.5. The first kappa shape index (κ1) is 24.1. The van der Waals surface area contributed by atoms with Gasteiger partial charge < -0.3 is 9.80 Å². The number of hydrogen-bond donors (Lipinski definition) is 0. The van der Waals surface area contributed by atoms with Gasteiger partial charge in [0.2, 0.25) is 0 Å². The van der Waals surface area contributed by atoms with E-state index in [1.165, 1.54) is 4.90 Å². The Morgan fingerprint density at radius 2 is 1.78 bits per heavy atom. The number of anilines is 1. The average Bonchev–Trinajstić information content (AvgIpc) is 3.16. The number of aromatic nitrogens is 1. The molecule has 9 heteroatoms. The fourth-order valence-corrected chi connectivity index (χ4v) is 5.28. The molecule has 2 fully saturated rings. The van der Waals surface area contributed by atoms with Gasteiger partial charge in [-0.25, -0.2) is 4.98 Å². The number of piperazine rings is 1. The van der Waals surface area contributed by atoms with E-state index in [1.54, 1.807) is 48.7 Å². The van der Waals surface area contributed by atoms with E-state index in [-0.39, 0.29) is 23.6 Å². The first-order valence-corrected chi connectivity index (χ1v) is 12.7. The molecule has 1 aromatic heterocycles. The average molecular weight is 519 g/mol. The van der Waals surface area contributed by atoms with Gasteiger partial charge in [0, 0.05) is 43.0 Å². The Hall–Kier alpha value is -3.62. The lowest BCUT2D eigenvalue weighted by Crippen LogP contribution is -2.49. The molecule has 2 saturated heterocycles. The molecular weight excluding hydrogens is 496 g/mol. The van der Waals surface area contributed by atoms with Gasteiger partial charge in [0.1, 0.15) is 5.82 Å². The largest absolute Gasteiger partial charge is 0.353 e. The number of benzene rings is 2. The number of nitrogens with zero attached hydrogens (tertiary/aromatic N) is 4. The van der Waals surface area contributed by atoms with Gasteiger partial charge in [-0.2, -0.15) is 0 Å². The quantitative estimate of drug-likeness (QED) is 0.446. The number of carbonyl (C=O) groups is 3. The first-order valence-electron chi connectivity index (χ1n) is 11.5. The van der Waals surface area contributed by atoms with Gasteiger partial charge in [0.05, 0.1) is 11.4 Å². The van der Waals surface area contributed by atoms with Gasteiger partial charge in [0.15, 0.2) is 0 Å². The zero-order valence-corrected chi connectivity index (χ0v) is 20.9. The molecule has 2 aliphatic heterocycles. The van der Waals surface area contributed by atoms with Gasteiger partial charge in [-0.15, -0.1) is 0 Å². The van der Waals surface area contributed by atoms with Crippen LogP contribution in [0.1, 0.15) is 21.5 Å². The van der Waals surface area contributed by atoms with E-state index in [9.17, 15) is 14.4 Å². The molecule has 0 spiro atoms. The zero-order chi connectivity index (χ0) is 25.1. The number of thioether (sulfide) groups is 1. The van der Waals surface area contributed by atoms with Crippen LogP contribution in [0.4, 0.5) is 10.6 Å². The van der Waals surface area contributed by atoms with Crippen LogP contribution in [0, 0.1) is 0 Å². The SMILES string of the molecule is O=C(c1cccc(C=C2SC(=O)N(Cc3cccc(Cl)c3)C2=O)c1)N1CCN(c2ccccn2)CC1. The number of pyridine rings is 1. The molecule has 182 valence electrons. The van der Waals surface area contributed by atoms with Crippen molar-refractivity contribution in [3.05, 3.63) is 99.5 Å². The highest BCUT2D eigenvalue weighted by molar-refractivity contribution is 8.18. The van der Waals surface area contributed by atoms with E-state index >= 15 is 0 Å². The van der Waals surface area contributed by atoms with E-state index < -0.39 is 0 Å². The molecular formula is C27H23ClN4O3S. The Kier molecular flexibility index (Phi) is 7.06. The minimum Gasteiger partial charge on any atom is -0.353 e. The normalized spacial score (nSPS) is 17.2. The molecule has 2 aromatic carbocycles. The third-order valence-corrected chi connectivity index (χ3v) is 7.22. The highest BCUT2D eigenvalue weighted by Crippen LogP contribution is 2.33. The second kappa shape index (κ2) is 10.6. The maximum atomic E-state index is 13.2. The third-order valence-electron chi connectivity index (χ3n) is 6.07. The molecule has 0 saturated carbocycles. The first-order chi connectivity index (χ1) is 17.5. The summed E-state index contributed by atoms with van der Waals surface area (Å²) in [5.74, 6) is 0.503. The summed E-state index contributed by atoms with van der Waals surface area (Å²) in [5, 5.41) is 0.221. The number of rotatable bonds is 5. The van der Waals surface area contributed by atoms with Crippen molar-refractivity contribution in [2.45, 2.75) is 6.54 Å². The lowest BCUT2D eigenvalue weighted by atomic mass is 10.1. The molecule has 3 aromatic rings. The van der Waals surface area contributed by atoms with Crippen molar-refractivity contribution in [2.24, 2.45) is 0 Å². The molecule has 0 radical (unpaired) electrons. The standard InChI is InChI=1S/C27H23ClN4O3S/c28-22-8-4-6-20(16-22)18-32-26(34)23(36-27(32)35)17-19-5-3-7-21(15-19)25(33)31-13-11-30(12-14-31)24-9-1-2-10-29-24/h1-10,15-17H,11-14,18H2. The Bertz CT molecular complexity index is 1340. The molecule has 0 N–H and O–H groups in total. The van der Waals surface area contributed by atoms with E-state index in [2.05, 4.69) is 9.88 Å². The summed E-state index contributed by atoms with van der Waals surface area (Å²) >= 11 is 6.93. The van der Waals surface area contributed by atoms with Crippen molar-refractivity contribution in [3.8, 4) is 0 Å². The maximum absolute atomic E-state index is 13.2. The van der Waals surface area contributed by atoms with E-state index in [4.69, 9.17) is 11.6 Å². The fraction of sp³-hybridized carbons (Fsp3) is 0.185. The second-order valence-corrected chi connectivity index (χ2v) is 9.92. The summed E-state index contributed by atoms with van der Waals surface area (Å²) in [6, 6.07) is 20.0. The van der Waals surface area contributed by atoms with Gasteiger partial charge in [0.25, 0.3) is 17.1 Å². The second-order valence-electron chi connectivity index (χ2n) is 8.49. The van der Waals surface area contributed by atoms with E-state index in [0.29, 0.717) is 47.2 Å². The molecule has 0 aliphatic carbocycles. The summed E-state index contributed by atoms with van der Waals surface area (Å²) in [6.45, 7) is 2.78. The minimum absolute atomic E-state index is 0.0556. The van der Waals surface area contributed by atoms with Crippen LogP contribution >= 0.6 is 23.4 Å². The van der Waals surface area contributed by atoms with Crippen LogP contribution in [0.3, 0.4) is 0 Å². The summed E-state index contributed by atoms with van der Waals surface area (Å²) < 4.78 is 0. The minimum atomic E-state index is -0.354. The lowest BCUT2D eigenvalue weighted by Gasteiger charge is -2.35. The number of imide groups is 1. The van der Waals surface area contributed by atoms with Crippen molar-refractivity contribution >= 4 is 52.3 Å². The molecule has 3 amide bonds. The zero-order valence-electron chi connectivity index (χ0n) is 19.3. The smallest absolute Gasteiger partial charge is 0.293 e. The van der Waals surface area contributed by atoms with Crippen molar-refractivity contribution < 1.29 is 14.4 Å². The van der Waals surface area contributed by atoms with Crippen LogP contribution in [0.5, 0.6) is 0 Å². The monoisotopic (exact) mass is 518 g/mol. The summed E-state index contributed by atoms with van der Waals surface area (Å²) in [7, 11) is 0. The lowest BCUT2D eigenvalue weighted by molar-refractivity contribution is -0.123. The predicted octanol–water partition coefficient (Wildman–Crippen LogP) is 4.93.